The highest BCUT2D eigenvalue weighted by molar-refractivity contribution is 6.01. The van der Waals surface area contributed by atoms with Crippen molar-refractivity contribution < 1.29 is 4.79 Å². The summed E-state index contributed by atoms with van der Waals surface area (Å²) >= 11 is 0. The van der Waals surface area contributed by atoms with Crippen molar-refractivity contribution in [2.45, 2.75) is 5.92 Å². The molecular weight excluding hydrogens is 248 g/mol. The minimum absolute atomic E-state index is 0.204. The van der Waals surface area contributed by atoms with Gasteiger partial charge in [0, 0.05) is 5.56 Å². The SMILES string of the molecule is N#CC(C#N)[C@H](C(=O)c1ccccc1)c1ccccc1. The maximum atomic E-state index is 12.6. The smallest absolute Gasteiger partial charge is 0.172 e. The predicted octanol–water partition coefficient (Wildman–Crippen LogP) is 3.32. The molecule has 0 N–H and O–H groups in total. The summed E-state index contributed by atoms with van der Waals surface area (Å²) in [5.41, 5.74) is 1.20. The number of carbonyl (C=O) groups excluding carboxylic acids is 1. The molecule has 0 aliphatic heterocycles. The minimum atomic E-state index is -0.995. The fraction of sp³-hybridized carbons (Fsp3) is 0.118. The number of benzene rings is 2. The van der Waals surface area contributed by atoms with Gasteiger partial charge >= 0.3 is 0 Å². The third-order valence-corrected chi connectivity index (χ3v) is 3.11. The van der Waals surface area contributed by atoms with Crippen molar-refractivity contribution in [2.75, 3.05) is 0 Å². The van der Waals surface area contributed by atoms with Gasteiger partial charge in [-0.1, -0.05) is 60.7 Å². The Bertz CT molecular complexity index is 652. The van der Waals surface area contributed by atoms with Crippen LogP contribution in [0.15, 0.2) is 60.7 Å². The third-order valence-electron chi connectivity index (χ3n) is 3.11. The van der Waals surface area contributed by atoms with E-state index in [1.54, 1.807) is 48.5 Å². The normalized spacial score (nSPS) is 11.3. The van der Waals surface area contributed by atoms with E-state index >= 15 is 0 Å². The molecule has 0 aliphatic carbocycles. The Labute approximate surface area is 117 Å². The van der Waals surface area contributed by atoms with Crippen molar-refractivity contribution in [3.05, 3.63) is 71.8 Å². The van der Waals surface area contributed by atoms with Crippen molar-refractivity contribution in [3.63, 3.8) is 0 Å². The van der Waals surface area contributed by atoms with Crippen molar-refractivity contribution in [1.82, 2.24) is 0 Å². The van der Waals surface area contributed by atoms with Crippen LogP contribution in [0, 0.1) is 28.6 Å². The monoisotopic (exact) mass is 260 g/mol. The molecular formula is C17H12N2O. The second kappa shape index (κ2) is 6.31. The molecule has 3 heteroatoms. The number of nitriles is 2. The molecule has 96 valence electrons. The minimum Gasteiger partial charge on any atom is -0.293 e. The lowest BCUT2D eigenvalue weighted by molar-refractivity contribution is 0.0950. The molecule has 20 heavy (non-hydrogen) atoms. The van der Waals surface area contributed by atoms with E-state index in [1.165, 1.54) is 0 Å². The van der Waals surface area contributed by atoms with E-state index in [2.05, 4.69) is 0 Å². The van der Waals surface area contributed by atoms with Crippen LogP contribution in [-0.4, -0.2) is 5.78 Å². The molecule has 0 unspecified atom stereocenters. The summed E-state index contributed by atoms with van der Waals surface area (Å²) in [6.07, 6.45) is 0. The number of rotatable bonds is 4. The maximum Gasteiger partial charge on any atom is 0.172 e. The van der Waals surface area contributed by atoms with Gasteiger partial charge in [-0.05, 0) is 5.56 Å². The zero-order valence-electron chi connectivity index (χ0n) is 10.7. The molecule has 2 aromatic rings. The number of hydrogen-bond donors (Lipinski definition) is 0. The van der Waals surface area contributed by atoms with Gasteiger partial charge in [-0.3, -0.25) is 4.79 Å². The molecule has 0 heterocycles. The summed E-state index contributed by atoms with van der Waals surface area (Å²) in [4.78, 5) is 12.6. The number of carbonyl (C=O) groups is 1. The quantitative estimate of drug-likeness (QED) is 0.792. The molecule has 0 amide bonds. The number of ketones is 1. The van der Waals surface area contributed by atoms with Gasteiger partial charge in [0.25, 0.3) is 0 Å². The van der Waals surface area contributed by atoms with Gasteiger partial charge in [-0.15, -0.1) is 0 Å². The van der Waals surface area contributed by atoms with Crippen molar-refractivity contribution in [2.24, 2.45) is 5.92 Å². The zero-order valence-corrected chi connectivity index (χ0v) is 10.7. The van der Waals surface area contributed by atoms with Crippen molar-refractivity contribution >= 4 is 5.78 Å². The van der Waals surface area contributed by atoms with E-state index < -0.39 is 11.8 Å². The number of hydrogen-bond acceptors (Lipinski definition) is 3. The Morgan fingerprint density at radius 3 is 1.85 bits per heavy atom. The largest absolute Gasteiger partial charge is 0.293 e. The zero-order chi connectivity index (χ0) is 14.4. The average Bonchev–Trinajstić information content (AvgIpc) is 2.53. The van der Waals surface area contributed by atoms with Crippen molar-refractivity contribution in [1.29, 1.82) is 10.5 Å². The Hall–Kier alpha value is -2.91. The van der Waals surface area contributed by atoms with Crippen LogP contribution in [-0.2, 0) is 0 Å². The van der Waals surface area contributed by atoms with Crippen LogP contribution in [0.5, 0.6) is 0 Å². The predicted molar refractivity (Wildman–Crippen MR) is 74.7 cm³/mol. The first-order chi connectivity index (χ1) is 9.77. The van der Waals surface area contributed by atoms with E-state index in [1.807, 2.05) is 24.3 Å². The molecule has 2 rings (SSSR count). The van der Waals surface area contributed by atoms with E-state index in [0.717, 1.165) is 0 Å². The van der Waals surface area contributed by atoms with Gasteiger partial charge < -0.3 is 0 Å². The van der Waals surface area contributed by atoms with Crippen LogP contribution in [0.25, 0.3) is 0 Å². The third kappa shape index (κ3) is 2.74. The van der Waals surface area contributed by atoms with Gasteiger partial charge in [0.05, 0.1) is 18.1 Å². The molecule has 1 atom stereocenters. The van der Waals surface area contributed by atoms with E-state index in [0.29, 0.717) is 11.1 Å². The van der Waals surface area contributed by atoms with E-state index in [4.69, 9.17) is 10.5 Å². The van der Waals surface area contributed by atoms with E-state index in [-0.39, 0.29) is 5.78 Å². The average molecular weight is 260 g/mol. The summed E-state index contributed by atoms with van der Waals surface area (Å²) in [5, 5.41) is 18.3. The summed E-state index contributed by atoms with van der Waals surface area (Å²) < 4.78 is 0. The molecule has 3 nitrogen and oxygen atoms in total. The summed E-state index contributed by atoms with van der Waals surface area (Å²) in [6.45, 7) is 0. The van der Waals surface area contributed by atoms with Crippen LogP contribution in [0.4, 0.5) is 0 Å². The van der Waals surface area contributed by atoms with Gasteiger partial charge in [-0.2, -0.15) is 10.5 Å². The Kier molecular flexibility index (Phi) is 4.27. The molecule has 0 aromatic heterocycles. The highest BCUT2D eigenvalue weighted by Crippen LogP contribution is 2.28. The topological polar surface area (TPSA) is 64.7 Å². The summed E-state index contributed by atoms with van der Waals surface area (Å²) in [6, 6.07) is 21.6. The molecule has 0 spiro atoms. The van der Waals surface area contributed by atoms with Gasteiger partial charge in [0.15, 0.2) is 5.78 Å². The second-order valence-electron chi connectivity index (χ2n) is 4.35. The lowest BCUT2D eigenvalue weighted by Gasteiger charge is -2.16. The Morgan fingerprint density at radius 2 is 1.35 bits per heavy atom. The highest BCUT2D eigenvalue weighted by Gasteiger charge is 2.30. The number of Topliss-reactive ketones (excluding diaryl/α,β-unsaturated/α-hetero) is 1. The van der Waals surface area contributed by atoms with Gasteiger partial charge in [-0.25, -0.2) is 0 Å². The molecule has 0 radical (unpaired) electrons. The highest BCUT2D eigenvalue weighted by atomic mass is 16.1. The Morgan fingerprint density at radius 1 is 0.850 bits per heavy atom. The summed E-state index contributed by atoms with van der Waals surface area (Å²) in [5.74, 6) is -1.95. The summed E-state index contributed by atoms with van der Waals surface area (Å²) in [7, 11) is 0. The second-order valence-corrected chi connectivity index (χ2v) is 4.35. The standard InChI is InChI=1S/C17H12N2O/c18-11-15(12-19)16(13-7-3-1-4-8-13)17(20)14-9-5-2-6-10-14/h1-10,15-16H/t16-/m1/s1. The fourth-order valence-electron chi connectivity index (χ4n) is 2.12. The van der Waals surface area contributed by atoms with Crippen LogP contribution >= 0.6 is 0 Å². The van der Waals surface area contributed by atoms with Crippen LogP contribution < -0.4 is 0 Å². The molecule has 0 aliphatic rings. The first-order valence-electron chi connectivity index (χ1n) is 6.21. The molecule has 0 bridgehead atoms. The lowest BCUT2D eigenvalue weighted by Crippen LogP contribution is -2.20. The number of nitrogens with zero attached hydrogens (tertiary/aromatic N) is 2. The molecule has 0 saturated heterocycles. The van der Waals surface area contributed by atoms with Crippen LogP contribution in [0.1, 0.15) is 21.8 Å². The first-order valence-corrected chi connectivity index (χ1v) is 6.21. The van der Waals surface area contributed by atoms with Gasteiger partial charge in [0.1, 0.15) is 5.92 Å². The molecule has 0 saturated carbocycles. The first kappa shape index (κ1) is 13.5. The fourth-order valence-corrected chi connectivity index (χ4v) is 2.12. The van der Waals surface area contributed by atoms with Crippen LogP contribution in [0.3, 0.4) is 0 Å². The maximum absolute atomic E-state index is 12.6. The van der Waals surface area contributed by atoms with Gasteiger partial charge in [0.2, 0.25) is 0 Å². The van der Waals surface area contributed by atoms with Crippen LogP contribution in [0.2, 0.25) is 0 Å². The Balaban J connectivity index is 2.46. The van der Waals surface area contributed by atoms with Crippen molar-refractivity contribution in [3.8, 4) is 12.1 Å². The molecule has 2 aromatic carbocycles. The lowest BCUT2D eigenvalue weighted by atomic mass is 9.82. The van der Waals surface area contributed by atoms with E-state index in [9.17, 15) is 4.79 Å². The molecule has 0 fully saturated rings.